The van der Waals surface area contributed by atoms with E-state index < -0.39 is 5.69 Å². The lowest BCUT2D eigenvalue weighted by Crippen LogP contribution is -2.22. The van der Waals surface area contributed by atoms with Crippen molar-refractivity contribution in [3.05, 3.63) is 93.8 Å². The molecule has 0 spiro atoms. The van der Waals surface area contributed by atoms with Crippen molar-refractivity contribution >= 4 is 5.91 Å². The predicted octanol–water partition coefficient (Wildman–Crippen LogP) is 3.95. The fraction of sp³-hybridized carbons (Fsp3) is 0.125. The van der Waals surface area contributed by atoms with Gasteiger partial charge in [-0.3, -0.25) is 4.79 Å². The first-order chi connectivity index (χ1) is 14.9. The first-order valence-corrected chi connectivity index (χ1v) is 9.74. The lowest BCUT2D eigenvalue weighted by molar-refractivity contribution is 0.0948. The number of nitrogens with zero attached hydrogens (tertiary/aromatic N) is 1. The summed E-state index contributed by atoms with van der Waals surface area (Å²) in [4.78, 5) is 31.5. The van der Waals surface area contributed by atoms with Gasteiger partial charge in [-0.1, -0.05) is 12.1 Å². The van der Waals surface area contributed by atoms with E-state index in [1.165, 1.54) is 0 Å². The number of aromatic nitrogens is 2. The molecule has 1 amide bonds. The molecule has 0 aliphatic carbocycles. The van der Waals surface area contributed by atoms with Crippen LogP contribution in [0.2, 0.25) is 0 Å². The molecule has 156 valence electrons. The fourth-order valence-electron chi connectivity index (χ4n) is 3.25. The van der Waals surface area contributed by atoms with Gasteiger partial charge in [-0.15, -0.1) is 0 Å². The van der Waals surface area contributed by atoms with Gasteiger partial charge < -0.3 is 19.8 Å². The van der Waals surface area contributed by atoms with E-state index >= 15 is 0 Å². The Morgan fingerprint density at radius 3 is 2.65 bits per heavy atom. The number of amides is 1. The maximum Gasteiger partial charge on any atom is 0.345 e. The van der Waals surface area contributed by atoms with Crippen LogP contribution in [0.15, 0.2) is 69.9 Å². The quantitative estimate of drug-likeness (QED) is 0.457. The van der Waals surface area contributed by atoms with Crippen molar-refractivity contribution < 1.29 is 14.3 Å². The van der Waals surface area contributed by atoms with E-state index in [1.54, 1.807) is 49.4 Å². The van der Waals surface area contributed by atoms with Crippen LogP contribution in [-0.2, 0) is 6.54 Å². The number of hydrogen-bond acceptors (Lipinski definition) is 5. The van der Waals surface area contributed by atoms with Crippen LogP contribution in [0.5, 0.6) is 5.75 Å². The van der Waals surface area contributed by atoms with Crippen molar-refractivity contribution in [2.75, 3.05) is 0 Å². The van der Waals surface area contributed by atoms with Gasteiger partial charge in [0.2, 0.25) is 0 Å². The molecular formula is C24H21N3O4. The van der Waals surface area contributed by atoms with E-state index in [0.29, 0.717) is 39.4 Å². The van der Waals surface area contributed by atoms with Gasteiger partial charge in [0.1, 0.15) is 17.3 Å². The minimum Gasteiger partial charge on any atom is -0.508 e. The zero-order valence-electron chi connectivity index (χ0n) is 17.1. The first kappa shape index (κ1) is 20.2. The van der Waals surface area contributed by atoms with Crippen LogP contribution in [0.1, 0.15) is 27.4 Å². The summed E-state index contributed by atoms with van der Waals surface area (Å²) in [6.45, 7) is 3.91. The molecule has 2 heterocycles. The van der Waals surface area contributed by atoms with E-state index in [9.17, 15) is 14.7 Å². The largest absolute Gasteiger partial charge is 0.508 e. The molecule has 31 heavy (non-hydrogen) atoms. The molecule has 7 heteroatoms. The maximum absolute atomic E-state index is 12.6. The third-order valence-electron chi connectivity index (χ3n) is 4.89. The molecule has 0 saturated carbocycles. The van der Waals surface area contributed by atoms with E-state index in [2.05, 4.69) is 15.3 Å². The van der Waals surface area contributed by atoms with Gasteiger partial charge in [-0.25, -0.2) is 4.79 Å². The Hall–Kier alpha value is -4.13. The van der Waals surface area contributed by atoms with Crippen molar-refractivity contribution in [3.63, 3.8) is 0 Å². The Balaban J connectivity index is 1.61. The standard InChI is InChI=1S/C24H21N3O4/c1-14-10-17(7-9-22(14)28)21-12-20(26-24(30)27-21)16-4-3-5-18(11-16)23(29)25-13-19-8-6-15(2)31-19/h3-12,28H,13H2,1-2H3,(H,25,29)(H,26,27,30). The highest BCUT2D eigenvalue weighted by molar-refractivity contribution is 5.95. The van der Waals surface area contributed by atoms with Crippen LogP contribution in [0.4, 0.5) is 0 Å². The molecular weight excluding hydrogens is 394 g/mol. The lowest BCUT2D eigenvalue weighted by Gasteiger charge is -2.08. The number of aryl methyl sites for hydroxylation is 2. The van der Waals surface area contributed by atoms with Gasteiger partial charge >= 0.3 is 5.69 Å². The molecule has 0 unspecified atom stereocenters. The fourth-order valence-corrected chi connectivity index (χ4v) is 3.25. The van der Waals surface area contributed by atoms with Crippen LogP contribution in [0.25, 0.3) is 22.5 Å². The van der Waals surface area contributed by atoms with Crippen molar-refractivity contribution in [1.29, 1.82) is 0 Å². The highest BCUT2D eigenvalue weighted by Crippen LogP contribution is 2.26. The van der Waals surface area contributed by atoms with E-state index in [0.717, 1.165) is 5.76 Å². The number of aromatic hydroxyl groups is 1. The summed E-state index contributed by atoms with van der Waals surface area (Å²) in [7, 11) is 0. The van der Waals surface area contributed by atoms with E-state index in [-0.39, 0.29) is 18.2 Å². The zero-order valence-corrected chi connectivity index (χ0v) is 17.1. The van der Waals surface area contributed by atoms with Gasteiger partial charge in [0.05, 0.1) is 17.9 Å². The Morgan fingerprint density at radius 2 is 1.90 bits per heavy atom. The average Bonchev–Trinajstić information content (AvgIpc) is 3.18. The zero-order chi connectivity index (χ0) is 22.0. The third-order valence-corrected chi connectivity index (χ3v) is 4.89. The summed E-state index contributed by atoms with van der Waals surface area (Å²) in [5.41, 5.74) is 3.05. The minimum atomic E-state index is -0.499. The number of nitrogens with one attached hydrogen (secondary N) is 2. The highest BCUT2D eigenvalue weighted by Gasteiger charge is 2.11. The number of carbonyl (C=O) groups excluding carboxylic acids is 1. The minimum absolute atomic E-state index is 0.178. The van der Waals surface area contributed by atoms with Crippen molar-refractivity contribution in [2.45, 2.75) is 20.4 Å². The molecule has 4 rings (SSSR count). The number of phenols is 1. The molecule has 2 aromatic carbocycles. The number of benzene rings is 2. The molecule has 0 aliphatic rings. The number of phenolic OH excluding ortho intramolecular Hbond substituents is 1. The molecule has 2 aromatic heterocycles. The number of H-pyrrole nitrogens is 1. The van der Waals surface area contributed by atoms with Gasteiger partial charge in [0.25, 0.3) is 5.91 Å². The molecule has 3 N–H and O–H groups in total. The highest BCUT2D eigenvalue weighted by atomic mass is 16.3. The van der Waals surface area contributed by atoms with Gasteiger partial charge in [-0.05, 0) is 73.5 Å². The Morgan fingerprint density at radius 1 is 1.06 bits per heavy atom. The van der Waals surface area contributed by atoms with Crippen LogP contribution in [-0.4, -0.2) is 21.0 Å². The second kappa shape index (κ2) is 8.31. The average molecular weight is 415 g/mol. The molecule has 0 radical (unpaired) electrons. The molecule has 0 fully saturated rings. The Bertz CT molecular complexity index is 1320. The van der Waals surface area contributed by atoms with Crippen LogP contribution in [0, 0.1) is 13.8 Å². The monoisotopic (exact) mass is 415 g/mol. The number of furan rings is 1. The number of aromatic amines is 1. The lowest BCUT2D eigenvalue weighted by atomic mass is 10.0. The number of rotatable bonds is 5. The van der Waals surface area contributed by atoms with Gasteiger partial charge in [-0.2, -0.15) is 4.98 Å². The maximum atomic E-state index is 12.6. The molecule has 0 aliphatic heterocycles. The van der Waals surface area contributed by atoms with E-state index in [1.807, 2.05) is 25.1 Å². The Labute approximate surface area is 178 Å². The predicted molar refractivity (Wildman–Crippen MR) is 117 cm³/mol. The van der Waals surface area contributed by atoms with Crippen molar-refractivity contribution in [2.24, 2.45) is 0 Å². The third kappa shape index (κ3) is 4.56. The van der Waals surface area contributed by atoms with Crippen molar-refractivity contribution in [1.82, 2.24) is 15.3 Å². The van der Waals surface area contributed by atoms with E-state index in [4.69, 9.17) is 4.42 Å². The van der Waals surface area contributed by atoms with Crippen LogP contribution < -0.4 is 11.0 Å². The smallest absolute Gasteiger partial charge is 0.345 e. The first-order valence-electron chi connectivity index (χ1n) is 9.74. The summed E-state index contributed by atoms with van der Waals surface area (Å²) in [5, 5.41) is 12.6. The number of hydrogen-bond donors (Lipinski definition) is 3. The summed E-state index contributed by atoms with van der Waals surface area (Å²) in [6.07, 6.45) is 0. The normalized spacial score (nSPS) is 10.8. The second-order valence-corrected chi connectivity index (χ2v) is 7.26. The topological polar surface area (TPSA) is 108 Å². The SMILES string of the molecule is Cc1ccc(CNC(=O)c2cccc(-c3cc(-c4ccc(O)c(C)c4)nc(=O)[nH]3)c2)o1. The molecule has 0 bridgehead atoms. The second-order valence-electron chi connectivity index (χ2n) is 7.26. The number of carbonyl (C=O) groups is 1. The summed E-state index contributed by atoms with van der Waals surface area (Å²) in [5.74, 6) is 1.39. The molecule has 7 nitrogen and oxygen atoms in total. The summed E-state index contributed by atoms with van der Waals surface area (Å²) >= 11 is 0. The summed E-state index contributed by atoms with van der Waals surface area (Å²) < 4.78 is 5.47. The van der Waals surface area contributed by atoms with Gasteiger partial charge in [0.15, 0.2) is 0 Å². The Kier molecular flexibility index (Phi) is 5.41. The van der Waals surface area contributed by atoms with Gasteiger partial charge in [0, 0.05) is 11.1 Å². The van der Waals surface area contributed by atoms with Crippen LogP contribution >= 0.6 is 0 Å². The van der Waals surface area contributed by atoms with Crippen LogP contribution in [0.3, 0.4) is 0 Å². The summed E-state index contributed by atoms with van der Waals surface area (Å²) in [6, 6.07) is 17.4. The molecule has 4 aromatic rings. The van der Waals surface area contributed by atoms with Crippen molar-refractivity contribution in [3.8, 4) is 28.3 Å². The molecule has 0 atom stereocenters. The molecule has 0 saturated heterocycles.